The second-order valence-corrected chi connectivity index (χ2v) is 9.48. The van der Waals surface area contributed by atoms with Crippen LogP contribution in [0.3, 0.4) is 0 Å². The van der Waals surface area contributed by atoms with Crippen LogP contribution in [0, 0.1) is 0 Å². The van der Waals surface area contributed by atoms with Gasteiger partial charge in [0.15, 0.2) is 0 Å². The van der Waals surface area contributed by atoms with Gasteiger partial charge in [0, 0.05) is 0 Å². The maximum atomic E-state index is 2.16. The Bertz CT molecular complexity index is 978. The van der Waals surface area contributed by atoms with E-state index < -0.39 is 0 Å². The summed E-state index contributed by atoms with van der Waals surface area (Å²) in [6.45, 7) is 17.0. The lowest BCUT2D eigenvalue weighted by Crippen LogP contribution is -1.85. The Morgan fingerprint density at radius 1 is 0.268 bits per heavy atom. The largest absolute Gasteiger partial charge is 0.0656 e. The van der Waals surface area contributed by atoms with Crippen LogP contribution in [0.1, 0.15) is 92.2 Å². The molecule has 0 heteroatoms. The van der Waals surface area contributed by atoms with Gasteiger partial charge in [-0.2, -0.15) is 0 Å². The average molecular weight is 551 g/mol. The molecule has 0 saturated heterocycles. The molecule has 0 aliphatic rings. The zero-order chi connectivity index (χ0) is 30.8. The predicted octanol–water partition coefficient (Wildman–Crippen LogP) is 13.5. The van der Waals surface area contributed by atoms with E-state index in [0.29, 0.717) is 0 Å². The first kappa shape index (κ1) is 39.5. The number of benzene rings is 5. The zero-order valence-corrected chi connectivity index (χ0v) is 27.4. The third kappa shape index (κ3) is 26.4. The van der Waals surface area contributed by atoms with E-state index in [1.807, 2.05) is 36.4 Å². The second-order valence-electron chi connectivity index (χ2n) is 9.48. The molecule has 41 heavy (non-hydrogen) atoms. The number of hydrogen-bond acceptors (Lipinski definition) is 0. The van der Waals surface area contributed by atoms with Crippen LogP contribution in [0.25, 0.3) is 10.8 Å². The van der Waals surface area contributed by atoms with E-state index in [4.69, 9.17) is 0 Å². The van der Waals surface area contributed by atoms with Gasteiger partial charge in [-0.05, 0) is 28.3 Å². The molecule has 0 aliphatic heterocycles. The van der Waals surface area contributed by atoms with E-state index in [-0.39, 0.29) is 0 Å². The van der Waals surface area contributed by atoms with Gasteiger partial charge in [-0.1, -0.05) is 227 Å². The van der Waals surface area contributed by atoms with Crippen LogP contribution in [0.15, 0.2) is 146 Å². The van der Waals surface area contributed by atoms with Crippen LogP contribution >= 0.6 is 0 Å². The monoisotopic (exact) mass is 550 g/mol. The first-order valence-electron chi connectivity index (χ1n) is 15.6. The van der Waals surface area contributed by atoms with Gasteiger partial charge in [-0.3, -0.25) is 0 Å². The molecule has 0 aliphatic carbocycles. The van der Waals surface area contributed by atoms with Crippen molar-refractivity contribution in [3.05, 3.63) is 157 Å². The Balaban J connectivity index is 0. The molecule has 0 fully saturated rings. The van der Waals surface area contributed by atoms with Crippen LogP contribution in [0.5, 0.6) is 0 Å². The molecule has 5 rings (SSSR count). The Labute approximate surface area is 254 Å². The lowest BCUT2D eigenvalue weighted by Gasteiger charge is -2.00. The molecule has 0 saturated carbocycles. The quantitative estimate of drug-likeness (QED) is 0.205. The molecule has 222 valence electrons. The topological polar surface area (TPSA) is 0 Å². The Morgan fingerprint density at radius 3 is 0.659 bits per heavy atom. The SMILES string of the molecule is CCC.CCC.CCC.CCC.c1ccc(Cc2ccccc2)cc1.c1ccc2ccccc2c1.c1ccccc1. The molecule has 0 radical (unpaired) electrons. The number of fused-ring (bicyclic) bond motifs is 1. The minimum absolute atomic E-state index is 1.03. The molecule has 0 aromatic heterocycles. The van der Waals surface area contributed by atoms with E-state index in [9.17, 15) is 0 Å². The van der Waals surface area contributed by atoms with Crippen LogP contribution in [0.2, 0.25) is 0 Å². The van der Waals surface area contributed by atoms with Gasteiger partial charge in [0.05, 0.1) is 0 Å². The van der Waals surface area contributed by atoms with Crippen molar-refractivity contribution in [1.29, 1.82) is 0 Å². The lowest BCUT2D eigenvalue weighted by molar-refractivity contribution is 1.09. The fourth-order valence-electron chi connectivity index (χ4n) is 2.95. The van der Waals surface area contributed by atoms with Crippen LogP contribution < -0.4 is 0 Å². The summed E-state index contributed by atoms with van der Waals surface area (Å²) in [6, 6.07) is 49.8. The fourth-order valence-corrected chi connectivity index (χ4v) is 2.95. The maximum absolute atomic E-state index is 2.16. The van der Waals surface area contributed by atoms with Crippen LogP contribution in [0.4, 0.5) is 0 Å². The molecule has 0 unspecified atom stereocenters. The molecule has 5 aromatic carbocycles. The molecule has 0 N–H and O–H groups in total. The maximum Gasteiger partial charge on any atom is -0.00258 e. The van der Waals surface area contributed by atoms with Gasteiger partial charge in [0.25, 0.3) is 0 Å². The lowest BCUT2D eigenvalue weighted by atomic mass is 10.1. The van der Waals surface area contributed by atoms with E-state index in [1.54, 1.807) is 0 Å². The van der Waals surface area contributed by atoms with E-state index >= 15 is 0 Å². The number of hydrogen-bond donors (Lipinski definition) is 0. The van der Waals surface area contributed by atoms with E-state index in [1.165, 1.54) is 47.6 Å². The number of rotatable bonds is 2. The normalized spacial score (nSPS) is 8.49. The summed E-state index contributed by atoms with van der Waals surface area (Å²) in [5.41, 5.74) is 2.74. The first-order valence-corrected chi connectivity index (χ1v) is 15.6. The third-order valence-electron chi connectivity index (χ3n) is 4.42. The van der Waals surface area contributed by atoms with Gasteiger partial charge in [0.2, 0.25) is 0 Å². The van der Waals surface area contributed by atoms with Crippen molar-refractivity contribution < 1.29 is 0 Å². The molecule has 0 nitrogen and oxygen atoms in total. The van der Waals surface area contributed by atoms with Crippen molar-refractivity contribution in [3.63, 3.8) is 0 Å². The highest BCUT2D eigenvalue weighted by atomic mass is 14.0. The van der Waals surface area contributed by atoms with Crippen molar-refractivity contribution in [2.75, 3.05) is 0 Å². The van der Waals surface area contributed by atoms with Gasteiger partial charge >= 0.3 is 0 Å². The Hall–Kier alpha value is -3.64. The summed E-state index contributed by atoms with van der Waals surface area (Å²) in [5, 5.41) is 2.62. The molecule has 0 heterocycles. The van der Waals surface area contributed by atoms with Crippen molar-refractivity contribution in [1.82, 2.24) is 0 Å². The first-order chi connectivity index (χ1) is 20.1. The van der Waals surface area contributed by atoms with Crippen molar-refractivity contribution in [3.8, 4) is 0 Å². The van der Waals surface area contributed by atoms with Crippen molar-refractivity contribution >= 4 is 10.8 Å². The van der Waals surface area contributed by atoms with Crippen molar-refractivity contribution in [2.24, 2.45) is 0 Å². The molecule has 0 bridgehead atoms. The summed E-state index contributed by atoms with van der Waals surface area (Å²) in [6.07, 6.45) is 6.03. The van der Waals surface area contributed by atoms with Gasteiger partial charge in [-0.25, -0.2) is 0 Å². The summed E-state index contributed by atoms with van der Waals surface area (Å²) < 4.78 is 0. The zero-order valence-electron chi connectivity index (χ0n) is 27.4. The molecule has 0 amide bonds. The van der Waals surface area contributed by atoms with Crippen molar-refractivity contribution in [2.45, 2.75) is 87.5 Å². The smallest absolute Gasteiger partial charge is 0.00258 e. The molecule has 0 atom stereocenters. The minimum Gasteiger partial charge on any atom is -0.0656 e. The van der Waals surface area contributed by atoms with Crippen LogP contribution in [-0.4, -0.2) is 0 Å². The fraction of sp³-hybridized carbons (Fsp3) is 0.317. The summed E-state index contributed by atoms with van der Waals surface area (Å²) in [4.78, 5) is 0. The van der Waals surface area contributed by atoms with Gasteiger partial charge in [0.1, 0.15) is 0 Å². The standard InChI is InChI=1S/C13H12.C10H8.C6H6.4C3H8/c1-3-7-12(8-4-1)11-13-9-5-2-6-10-13;1-2-6-10-8-4-3-7-9(10)5-1;1-2-4-6-5-3-1;4*1-3-2/h1-10H,11H2;1-8H;1-6H;4*3H2,1-2H3. The highest BCUT2D eigenvalue weighted by Gasteiger charge is 1.92. The summed E-state index contributed by atoms with van der Waals surface area (Å²) >= 11 is 0. The second kappa shape index (κ2) is 32.6. The molecular formula is C41H58. The van der Waals surface area contributed by atoms with Gasteiger partial charge < -0.3 is 0 Å². The molecule has 5 aromatic rings. The summed E-state index contributed by atoms with van der Waals surface area (Å²) in [5.74, 6) is 0. The Kier molecular flexibility index (Phi) is 31.4. The van der Waals surface area contributed by atoms with E-state index in [2.05, 4.69) is 165 Å². The highest BCUT2D eigenvalue weighted by molar-refractivity contribution is 5.82. The molecular weight excluding hydrogens is 492 g/mol. The summed E-state index contributed by atoms with van der Waals surface area (Å²) in [7, 11) is 0. The minimum atomic E-state index is 1.03. The Morgan fingerprint density at radius 2 is 0.439 bits per heavy atom. The van der Waals surface area contributed by atoms with Crippen LogP contribution in [-0.2, 0) is 6.42 Å². The third-order valence-corrected chi connectivity index (χ3v) is 4.42. The van der Waals surface area contributed by atoms with Gasteiger partial charge in [-0.15, -0.1) is 0 Å². The molecule has 0 spiro atoms. The van der Waals surface area contributed by atoms with E-state index in [0.717, 1.165) is 6.42 Å². The highest BCUT2D eigenvalue weighted by Crippen LogP contribution is 2.11. The predicted molar refractivity (Wildman–Crippen MR) is 190 cm³/mol. The average Bonchev–Trinajstić information content (AvgIpc) is 3.02.